The molecule has 0 aromatic carbocycles. The first kappa shape index (κ1) is 21.8. The normalized spacial score (nSPS) is 12.0. The second-order valence-electron chi connectivity index (χ2n) is 6.73. The van der Waals surface area contributed by atoms with E-state index in [9.17, 15) is 0 Å². The summed E-state index contributed by atoms with van der Waals surface area (Å²) in [6.07, 6.45) is 16.8. The predicted molar refractivity (Wildman–Crippen MR) is 99.4 cm³/mol. The van der Waals surface area contributed by atoms with Gasteiger partial charge >= 0.3 is 146 Å². The van der Waals surface area contributed by atoms with E-state index in [0.717, 1.165) is 0 Å². The maximum atomic E-state index is 6.28. The van der Waals surface area contributed by atoms with E-state index in [0.29, 0.717) is 0 Å². The molecule has 2 radical (unpaired) electrons. The van der Waals surface area contributed by atoms with Gasteiger partial charge in [0.1, 0.15) is 0 Å². The van der Waals surface area contributed by atoms with E-state index in [4.69, 9.17) is 3.22 Å². The van der Waals surface area contributed by atoms with Gasteiger partial charge in [-0.2, -0.15) is 0 Å². The minimum atomic E-state index is -1.39. The predicted octanol–water partition coefficient (Wildman–Crippen LogP) is 6.77. The molecule has 0 fully saturated rings. The Balaban J connectivity index is 4.22. The summed E-state index contributed by atoms with van der Waals surface area (Å²) in [7, 11) is -1.39. The second kappa shape index (κ2) is 15.7. The molecule has 0 aromatic heterocycles. The Bertz CT molecular complexity index is 180. The van der Waals surface area contributed by atoms with E-state index in [1.54, 1.807) is 19.0 Å². The third kappa shape index (κ3) is 12.0. The monoisotopic (exact) mass is 368 g/mol. The van der Waals surface area contributed by atoms with Crippen LogP contribution in [0, 0.1) is 0 Å². The first-order chi connectivity index (χ1) is 10.2. The van der Waals surface area contributed by atoms with Crippen LogP contribution >= 0.6 is 0 Å². The van der Waals surface area contributed by atoms with Crippen LogP contribution in [-0.2, 0) is 3.22 Å². The van der Waals surface area contributed by atoms with Crippen molar-refractivity contribution < 1.29 is 3.22 Å². The number of rotatable bonds is 16. The van der Waals surface area contributed by atoms with Crippen molar-refractivity contribution in [3.8, 4) is 0 Å². The Morgan fingerprint density at radius 3 is 1.14 bits per heavy atom. The molecule has 21 heavy (non-hydrogen) atoms. The van der Waals surface area contributed by atoms with Gasteiger partial charge in [-0.25, -0.2) is 0 Å². The molecule has 0 saturated carbocycles. The van der Waals surface area contributed by atoms with Gasteiger partial charge in [0.15, 0.2) is 0 Å². The van der Waals surface area contributed by atoms with Crippen molar-refractivity contribution >= 4 is 27.3 Å². The molecule has 0 aliphatic rings. The summed E-state index contributed by atoms with van der Waals surface area (Å²) in [6, 6.07) is 4.30. The van der Waals surface area contributed by atoms with Crippen molar-refractivity contribution in [3.05, 3.63) is 0 Å². The van der Waals surface area contributed by atoms with Crippen LogP contribution in [0.25, 0.3) is 0 Å². The van der Waals surface area contributed by atoms with Gasteiger partial charge < -0.3 is 0 Å². The van der Waals surface area contributed by atoms with Crippen LogP contribution in [0.2, 0.25) is 18.1 Å². The topological polar surface area (TPSA) is 9.23 Å². The van der Waals surface area contributed by atoms with Crippen molar-refractivity contribution in [2.45, 2.75) is 116 Å². The fourth-order valence-electron chi connectivity index (χ4n) is 3.17. The van der Waals surface area contributed by atoms with Gasteiger partial charge in [-0.1, -0.05) is 0 Å². The number of hydrogen-bond acceptors (Lipinski definition) is 1. The molecule has 1 nitrogen and oxygen atoms in total. The summed E-state index contributed by atoms with van der Waals surface area (Å²) in [5.74, 6) is 0. The molecule has 0 N–H and O–H groups in total. The molecular formula is C18H39GaOSi. The molecule has 0 amide bonds. The molecule has 0 unspecified atom stereocenters. The average molecular weight is 369 g/mol. The minimum absolute atomic E-state index is 1.35. The zero-order valence-corrected chi connectivity index (χ0v) is 18.5. The van der Waals surface area contributed by atoms with Crippen molar-refractivity contribution in [2.24, 2.45) is 0 Å². The molecule has 0 spiro atoms. The zero-order valence-electron chi connectivity index (χ0n) is 15.1. The Kier molecular flexibility index (Phi) is 16.3. The summed E-state index contributed by atoms with van der Waals surface area (Å²) >= 11 is 1.55. The van der Waals surface area contributed by atoms with Crippen molar-refractivity contribution in [1.82, 2.24) is 0 Å². The van der Waals surface area contributed by atoms with E-state index < -0.39 is 8.32 Å². The molecule has 0 bridgehead atoms. The van der Waals surface area contributed by atoms with E-state index in [2.05, 4.69) is 20.8 Å². The Morgan fingerprint density at radius 1 is 0.571 bits per heavy atom. The first-order valence-electron chi connectivity index (χ1n) is 9.62. The van der Waals surface area contributed by atoms with E-state index in [1.165, 1.54) is 95.2 Å². The quantitative estimate of drug-likeness (QED) is 0.215. The summed E-state index contributed by atoms with van der Waals surface area (Å²) in [6.45, 7) is 6.92. The molecule has 0 heterocycles. The van der Waals surface area contributed by atoms with Crippen molar-refractivity contribution in [1.29, 1.82) is 0 Å². The standard InChI is InChI=1S/C18H39OSi.Ga/c1-4-7-10-13-16-20(19,17-14-11-8-5-2)18-15-12-9-6-3;/h4-18H2,1-3H3;/q-1;+1. The molecule has 0 aromatic rings. The van der Waals surface area contributed by atoms with Crippen LogP contribution in [0.3, 0.4) is 0 Å². The van der Waals surface area contributed by atoms with E-state index >= 15 is 0 Å². The third-order valence-electron chi connectivity index (χ3n) is 4.71. The van der Waals surface area contributed by atoms with E-state index in [-0.39, 0.29) is 0 Å². The Hall–Kier alpha value is 0.813. The van der Waals surface area contributed by atoms with Gasteiger partial charge in [0.25, 0.3) is 0 Å². The van der Waals surface area contributed by atoms with Crippen LogP contribution in [0.1, 0.15) is 97.8 Å². The average Bonchev–Trinajstić information content (AvgIpc) is 2.51. The Morgan fingerprint density at radius 2 is 0.905 bits per heavy atom. The first-order valence-corrected chi connectivity index (χ1v) is 13.1. The van der Waals surface area contributed by atoms with Gasteiger partial charge in [0, 0.05) is 0 Å². The summed E-state index contributed by atoms with van der Waals surface area (Å²) in [5, 5.41) is 0. The summed E-state index contributed by atoms with van der Waals surface area (Å²) in [4.78, 5) is 0. The van der Waals surface area contributed by atoms with Crippen LogP contribution < -0.4 is 0 Å². The number of hydrogen-bond donors (Lipinski definition) is 0. The van der Waals surface area contributed by atoms with Crippen LogP contribution in [0.15, 0.2) is 0 Å². The van der Waals surface area contributed by atoms with Crippen LogP contribution in [-0.4, -0.2) is 27.3 Å². The molecule has 0 saturated heterocycles. The number of unbranched alkanes of at least 4 members (excludes halogenated alkanes) is 9. The second-order valence-corrected chi connectivity index (χ2v) is 12.3. The van der Waals surface area contributed by atoms with Crippen molar-refractivity contribution in [3.63, 3.8) is 0 Å². The molecule has 124 valence electrons. The summed E-state index contributed by atoms with van der Waals surface area (Å²) in [5.41, 5.74) is 0. The molecule has 0 atom stereocenters. The van der Waals surface area contributed by atoms with Crippen LogP contribution in [0.4, 0.5) is 0 Å². The maximum absolute atomic E-state index is 6.28. The SMILES string of the molecule is CCCCCC[Si](CCCCCC)(CCCCCC)[O][Ga]. The van der Waals surface area contributed by atoms with Gasteiger partial charge in [-0.3, -0.25) is 0 Å². The molecule has 0 rings (SSSR count). The Labute approximate surface area is 146 Å². The van der Waals surface area contributed by atoms with Crippen molar-refractivity contribution in [2.75, 3.05) is 0 Å². The van der Waals surface area contributed by atoms with Crippen LogP contribution in [0.5, 0.6) is 0 Å². The van der Waals surface area contributed by atoms with Gasteiger partial charge in [-0.05, 0) is 0 Å². The fraction of sp³-hybridized carbons (Fsp3) is 1.00. The third-order valence-corrected chi connectivity index (χ3v) is 12.1. The fourth-order valence-corrected chi connectivity index (χ4v) is 9.19. The molecule has 0 aliphatic heterocycles. The van der Waals surface area contributed by atoms with Gasteiger partial charge in [0.05, 0.1) is 0 Å². The van der Waals surface area contributed by atoms with E-state index in [1.807, 2.05) is 0 Å². The molecule has 3 heteroatoms. The van der Waals surface area contributed by atoms with Gasteiger partial charge in [-0.15, -0.1) is 0 Å². The molecule has 0 aliphatic carbocycles. The van der Waals surface area contributed by atoms with Gasteiger partial charge in [0.2, 0.25) is 0 Å². The zero-order chi connectivity index (χ0) is 15.8. The summed E-state index contributed by atoms with van der Waals surface area (Å²) < 4.78 is 6.28. The molecular weight excluding hydrogens is 330 g/mol.